The van der Waals surface area contributed by atoms with Crippen molar-refractivity contribution in [3.63, 3.8) is 0 Å². The lowest BCUT2D eigenvalue weighted by molar-refractivity contribution is 0.171. The van der Waals surface area contributed by atoms with Crippen LogP contribution in [-0.2, 0) is 0 Å². The van der Waals surface area contributed by atoms with E-state index in [2.05, 4.69) is 0 Å². The van der Waals surface area contributed by atoms with Gasteiger partial charge in [-0.25, -0.2) is 4.39 Å². The van der Waals surface area contributed by atoms with Gasteiger partial charge in [0.15, 0.2) is 11.5 Å². The number of benzene rings is 2. The third-order valence-electron chi connectivity index (χ3n) is 3.24. The number of fused-ring (bicyclic) bond motifs is 1. The van der Waals surface area contributed by atoms with Gasteiger partial charge in [0.2, 0.25) is 0 Å². The molecule has 2 aromatic rings. The summed E-state index contributed by atoms with van der Waals surface area (Å²) < 4.78 is 23.9. The fraction of sp³-hybridized carbons (Fsp3) is 0.250. The summed E-state index contributed by atoms with van der Waals surface area (Å²) in [7, 11) is 0. The zero-order valence-electron chi connectivity index (χ0n) is 11.4. The number of hydrogen-bond donors (Lipinski definition) is 1. The Balaban J connectivity index is 1.65. The molecule has 3 nitrogen and oxygen atoms in total. The highest BCUT2D eigenvalue weighted by atomic mass is 32.2. The molecular formula is C16H16FNO2S. The van der Waals surface area contributed by atoms with Gasteiger partial charge in [0.1, 0.15) is 19.0 Å². The average molecular weight is 305 g/mol. The maximum Gasteiger partial charge on any atom is 0.161 e. The fourth-order valence-corrected chi connectivity index (χ4v) is 3.00. The standard InChI is InChI=1S/C16H16FNO2S/c17-12-2-4-13(5-3-12)21-10-14(18)11-1-6-15-16(9-11)20-8-7-19-15/h1-6,9,14H,7-8,10,18H2. The van der Waals surface area contributed by atoms with Gasteiger partial charge in [-0.1, -0.05) is 6.07 Å². The molecule has 1 aliphatic rings. The Hall–Kier alpha value is -1.72. The van der Waals surface area contributed by atoms with Crippen LogP contribution in [0.1, 0.15) is 11.6 Å². The Morgan fingerprint density at radius 1 is 1.05 bits per heavy atom. The van der Waals surface area contributed by atoms with Gasteiger partial charge in [-0.3, -0.25) is 0 Å². The van der Waals surface area contributed by atoms with Crippen molar-refractivity contribution in [2.45, 2.75) is 10.9 Å². The molecule has 1 heterocycles. The molecule has 0 spiro atoms. The first-order valence-corrected chi connectivity index (χ1v) is 7.74. The summed E-state index contributed by atoms with van der Waals surface area (Å²) >= 11 is 1.61. The monoisotopic (exact) mass is 305 g/mol. The first kappa shape index (κ1) is 14.2. The zero-order chi connectivity index (χ0) is 14.7. The van der Waals surface area contributed by atoms with Crippen LogP contribution in [0.4, 0.5) is 4.39 Å². The number of halogens is 1. The number of thioether (sulfide) groups is 1. The zero-order valence-corrected chi connectivity index (χ0v) is 12.2. The minimum atomic E-state index is -0.226. The molecule has 0 saturated heterocycles. The number of nitrogens with two attached hydrogens (primary N) is 1. The van der Waals surface area contributed by atoms with Gasteiger partial charge in [-0.2, -0.15) is 0 Å². The fourth-order valence-electron chi connectivity index (χ4n) is 2.10. The molecule has 0 radical (unpaired) electrons. The molecule has 0 saturated carbocycles. The summed E-state index contributed by atoms with van der Waals surface area (Å²) in [5, 5.41) is 0. The van der Waals surface area contributed by atoms with E-state index in [0.717, 1.165) is 22.0 Å². The predicted molar refractivity (Wildman–Crippen MR) is 81.5 cm³/mol. The van der Waals surface area contributed by atoms with Gasteiger partial charge < -0.3 is 15.2 Å². The summed E-state index contributed by atoms with van der Waals surface area (Å²) in [6.07, 6.45) is 0. The third kappa shape index (κ3) is 3.49. The second kappa shape index (κ2) is 6.37. The van der Waals surface area contributed by atoms with Gasteiger partial charge in [0.25, 0.3) is 0 Å². The number of hydrogen-bond acceptors (Lipinski definition) is 4. The summed E-state index contributed by atoms with van der Waals surface area (Å²) in [4.78, 5) is 1.00. The van der Waals surface area contributed by atoms with Crippen molar-refractivity contribution >= 4 is 11.8 Å². The first-order chi connectivity index (χ1) is 10.2. The largest absolute Gasteiger partial charge is 0.486 e. The van der Waals surface area contributed by atoms with Crippen LogP contribution < -0.4 is 15.2 Å². The molecule has 5 heteroatoms. The molecule has 2 N–H and O–H groups in total. The lowest BCUT2D eigenvalue weighted by atomic mass is 10.1. The topological polar surface area (TPSA) is 44.5 Å². The van der Waals surface area contributed by atoms with E-state index in [9.17, 15) is 4.39 Å². The highest BCUT2D eigenvalue weighted by molar-refractivity contribution is 7.99. The van der Waals surface area contributed by atoms with E-state index in [1.165, 1.54) is 12.1 Å². The molecule has 0 fully saturated rings. The lowest BCUT2D eigenvalue weighted by Crippen LogP contribution is -2.17. The van der Waals surface area contributed by atoms with E-state index in [-0.39, 0.29) is 11.9 Å². The van der Waals surface area contributed by atoms with E-state index in [1.807, 2.05) is 18.2 Å². The van der Waals surface area contributed by atoms with Gasteiger partial charge >= 0.3 is 0 Å². The summed E-state index contributed by atoms with van der Waals surface area (Å²) in [6.45, 7) is 1.15. The van der Waals surface area contributed by atoms with Crippen LogP contribution in [0.5, 0.6) is 11.5 Å². The van der Waals surface area contributed by atoms with Crippen LogP contribution in [0.25, 0.3) is 0 Å². The molecular weight excluding hydrogens is 289 g/mol. The van der Waals surface area contributed by atoms with E-state index in [4.69, 9.17) is 15.2 Å². The Kier molecular flexibility index (Phi) is 4.31. The smallest absolute Gasteiger partial charge is 0.161 e. The Morgan fingerprint density at radius 3 is 2.52 bits per heavy atom. The summed E-state index contributed by atoms with van der Waals surface area (Å²) in [5.41, 5.74) is 7.22. The van der Waals surface area contributed by atoms with Crippen molar-refractivity contribution in [2.24, 2.45) is 5.73 Å². The van der Waals surface area contributed by atoms with Gasteiger partial charge in [-0.05, 0) is 42.0 Å². The Bertz CT molecular complexity index is 618. The molecule has 3 rings (SSSR count). The highest BCUT2D eigenvalue weighted by Gasteiger charge is 2.14. The molecule has 0 aliphatic carbocycles. The molecule has 110 valence electrons. The predicted octanol–water partition coefficient (Wildman–Crippen LogP) is 3.39. The second-order valence-corrected chi connectivity index (χ2v) is 5.87. The number of rotatable bonds is 4. The summed E-state index contributed by atoms with van der Waals surface area (Å²) in [6, 6.07) is 12.1. The summed E-state index contributed by atoms with van der Waals surface area (Å²) in [5.74, 6) is 2.01. The average Bonchev–Trinajstić information content (AvgIpc) is 2.53. The van der Waals surface area contributed by atoms with Crippen LogP contribution in [0.15, 0.2) is 47.4 Å². The van der Waals surface area contributed by atoms with E-state index in [1.54, 1.807) is 23.9 Å². The highest BCUT2D eigenvalue weighted by Crippen LogP contribution is 2.33. The van der Waals surface area contributed by atoms with Crippen molar-refractivity contribution < 1.29 is 13.9 Å². The lowest BCUT2D eigenvalue weighted by Gasteiger charge is -2.20. The molecule has 1 unspecified atom stereocenters. The van der Waals surface area contributed by atoms with Gasteiger partial charge in [0, 0.05) is 16.7 Å². The van der Waals surface area contributed by atoms with E-state index >= 15 is 0 Å². The first-order valence-electron chi connectivity index (χ1n) is 6.76. The van der Waals surface area contributed by atoms with Crippen LogP contribution in [-0.4, -0.2) is 19.0 Å². The minimum Gasteiger partial charge on any atom is -0.486 e. The molecule has 0 bridgehead atoms. The normalized spacial score (nSPS) is 14.8. The molecule has 21 heavy (non-hydrogen) atoms. The van der Waals surface area contributed by atoms with E-state index in [0.29, 0.717) is 19.0 Å². The van der Waals surface area contributed by atoms with Crippen LogP contribution >= 0.6 is 11.8 Å². The van der Waals surface area contributed by atoms with Crippen molar-refractivity contribution in [2.75, 3.05) is 19.0 Å². The molecule has 0 amide bonds. The van der Waals surface area contributed by atoms with Crippen molar-refractivity contribution in [3.05, 3.63) is 53.8 Å². The number of ether oxygens (including phenoxy) is 2. The Labute approximate surface area is 127 Å². The third-order valence-corrected chi connectivity index (χ3v) is 4.37. The SMILES string of the molecule is NC(CSc1ccc(F)cc1)c1ccc2c(c1)OCCO2. The van der Waals surface area contributed by atoms with Crippen LogP contribution in [0.2, 0.25) is 0 Å². The van der Waals surface area contributed by atoms with Gasteiger partial charge in [-0.15, -0.1) is 11.8 Å². The van der Waals surface area contributed by atoms with Gasteiger partial charge in [0.05, 0.1) is 0 Å². The molecule has 2 aromatic carbocycles. The maximum absolute atomic E-state index is 12.9. The maximum atomic E-state index is 12.9. The van der Waals surface area contributed by atoms with Crippen molar-refractivity contribution in [3.8, 4) is 11.5 Å². The molecule has 0 aromatic heterocycles. The Morgan fingerprint density at radius 2 is 1.76 bits per heavy atom. The quantitative estimate of drug-likeness (QED) is 0.880. The molecule has 1 atom stereocenters. The van der Waals surface area contributed by atoms with Crippen molar-refractivity contribution in [1.29, 1.82) is 0 Å². The second-order valence-electron chi connectivity index (χ2n) is 4.77. The van der Waals surface area contributed by atoms with Crippen molar-refractivity contribution in [1.82, 2.24) is 0 Å². The van der Waals surface area contributed by atoms with E-state index < -0.39 is 0 Å². The van der Waals surface area contributed by atoms with Crippen LogP contribution in [0, 0.1) is 5.82 Å². The minimum absolute atomic E-state index is 0.115. The molecule has 1 aliphatic heterocycles. The van der Waals surface area contributed by atoms with Crippen LogP contribution in [0.3, 0.4) is 0 Å².